The van der Waals surface area contributed by atoms with Gasteiger partial charge in [0.25, 0.3) is 6.71 Å². The fourth-order valence-corrected chi connectivity index (χ4v) is 12.9. The first-order valence-corrected chi connectivity index (χ1v) is 20.8. The van der Waals surface area contributed by atoms with Crippen molar-refractivity contribution in [1.82, 2.24) is 0 Å². The number of fused-ring (bicyclic) bond motifs is 16. The SMILES string of the molecule is CC1(C)C=Cc2cc3c(cc21)B1c2ccccc2-c2cc4c5c6c2N1c1c(cccc1-3)B6c1cccc2c1N5B(c1cc3c(cc1-2)C=CC3(C)C)c1ccccc1-4. The van der Waals surface area contributed by atoms with Crippen LogP contribution in [-0.2, 0) is 10.8 Å². The van der Waals surface area contributed by atoms with Crippen LogP contribution in [0, 0.1) is 0 Å². The second kappa shape index (κ2) is 9.33. The molecule has 0 amide bonds. The quantitative estimate of drug-likeness (QED) is 0.153. The lowest BCUT2D eigenvalue weighted by molar-refractivity contribution is 0.684. The summed E-state index contributed by atoms with van der Waals surface area (Å²) in [5.41, 5.74) is 32.1. The van der Waals surface area contributed by atoms with Crippen molar-refractivity contribution in [2.24, 2.45) is 0 Å². The smallest absolute Gasteiger partial charge is 0.329 e. The molecule has 0 aromatic heterocycles. The maximum absolute atomic E-state index is 2.81. The third-order valence-corrected chi connectivity index (χ3v) is 15.3. The van der Waals surface area contributed by atoms with Crippen molar-refractivity contribution in [3.63, 3.8) is 0 Å². The molecule has 8 aliphatic rings. The predicted octanol–water partition coefficient (Wildman–Crippen LogP) is 7.25. The summed E-state index contributed by atoms with van der Waals surface area (Å²) in [6.45, 7) is 9.72. The number of anilines is 4. The summed E-state index contributed by atoms with van der Waals surface area (Å²) in [6, 6.07) is 45.9. The molecule has 15 rings (SSSR count). The average Bonchev–Trinajstić information content (AvgIpc) is 3.71. The van der Waals surface area contributed by atoms with Crippen LogP contribution >= 0.6 is 0 Å². The molecule has 0 saturated heterocycles. The number of benzene rings is 7. The van der Waals surface area contributed by atoms with Crippen molar-refractivity contribution in [2.75, 3.05) is 9.62 Å². The van der Waals surface area contributed by atoms with Gasteiger partial charge in [-0.25, -0.2) is 0 Å². The van der Waals surface area contributed by atoms with E-state index in [1.54, 1.807) is 0 Å². The van der Waals surface area contributed by atoms with E-state index >= 15 is 0 Å². The van der Waals surface area contributed by atoms with Crippen molar-refractivity contribution in [3.05, 3.63) is 150 Å². The Morgan fingerprint density at radius 1 is 0.386 bits per heavy atom. The molecule has 6 aliphatic heterocycles. The minimum atomic E-state index is -0.00356. The van der Waals surface area contributed by atoms with Crippen molar-refractivity contribution in [1.29, 1.82) is 0 Å². The fraction of sp³-hybridized carbons (Fsp3) is 0.115. The largest absolute Gasteiger partial charge is 0.377 e. The van der Waals surface area contributed by atoms with Gasteiger partial charge >= 0.3 is 13.7 Å². The molecule has 7 aromatic carbocycles. The molecular weight excluding hydrogens is 685 g/mol. The second-order valence-corrected chi connectivity index (χ2v) is 18.9. The van der Waals surface area contributed by atoms with Gasteiger partial charge in [0.15, 0.2) is 0 Å². The molecule has 57 heavy (non-hydrogen) atoms. The van der Waals surface area contributed by atoms with Gasteiger partial charge in [-0.2, -0.15) is 0 Å². The minimum absolute atomic E-state index is 0.00356. The monoisotopic (exact) mass is 720 g/mol. The molecule has 5 heteroatoms. The number of nitrogens with zero attached hydrogens (tertiary/aromatic N) is 2. The van der Waals surface area contributed by atoms with E-state index in [4.69, 9.17) is 0 Å². The number of hydrogen-bond acceptors (Lipinski definition) is 2. The molecule has 6 heterocycles. The van der Waals surface area contributed by atoms with Crippen LogP contribution in [0.4, 0.5) is 22.7 Å². The molecular formula is C52H35B3N2. The highest BCUT2D eigenvalue weighted by Gasteiger charge is 2.56. The van der Waals surface area contributed by atoms with E-state index in [1.165, 1.54) is 128 Å². The first-order valence-electron chi connectivity index (χ1n) is 20.8. The van der Waals surface area contributed by atoms with Crippen molar-refractivity contribution in [3.8, 4) is 44.5 Å². The van der Waals surface area contributed by atoms with Crippen molar-refractivity contribution >= 4 is 93.5 Å². The van der Waals surface area contributed by atoms with Crippen molar-refractivity contribution < 1.29 is 0 Å². The predicted molar refractivity (Wildman–Crippen MR) is 244 cm³/mol. The number of rotatable bonds is 0. The Kier molecular flexibility index (Phi) is 4.91. The van der Waals surface area contributed by atoms with Crippen LogP contribution in [-0.4, -0.2) is 20.4 Å². The normalized spacial score (nSPS) is 17.8. The van der Waals surface area contributed by atoms with E-state index in [1.807, 2.05) is 0 Å². The maximum Gasteiger partial charge on any atom is 0.329 e. The molecule has 0 N–H and O–H groups in total. The van der Waals surface area contributed by atoms with Crippen LogP contribution in [0.3, 0.4) is 0 Å². The fourth-order valence-electron chi connectivity index (χ4n) is 12.9. The summed E-state index contributed by atoms with van der Waals surface area (Å²) >= 11 is 0. The zero-order valence-corrected chi connectivity index (χ0v) is 32.4. The Morgan fingerprint density at radius 2 is 0.825 bits per heavy atom. The van der Waals surface area contributed by atoms with Crippen LogP contribution in [0.25, 0.3) is 56.7 Å². The highest BCUT2D eigenvalue weighted by atomic mass is 15.1. The summed E-state index contributed by atoms with van der Waals surface area (Å²) in [6.07, 6.45) is 9.50. The highest BCUT2D eigenvalue weighted by molar-refractivity contribution is 7.05. The van der Waals surface area contributed by atoms with Gasteiger partial charge in [-0.05, 0) is 101 Å². The van der Waals surface area contributed by atoms with Gasteiger partial charge in [0, 0.05) is 55.8 Å². The summed E-state index contributed by atoms with van der Waals surface area (Å²) in [4.78, 5) is 5.61. The standard InChI is InChI=1S/C52H35B3N2/c1-51(2)21-19-28-23-34-32-13-9-17-42-47(32)56-49-36(30-11-5-7-15-40(30)54(56)44(34)26-38(28)51)25-37-31-12-6-8-16-41(31)55-45-27-39-29(20-22-52(39,3)4)24-35(45)33-14-10-18-43-48(33)57(55)50(37)46(49)53(42)43/h5-27H,1-4H3. The molecule has 0 atom stereocenters. The summed E-state index contributed by atoms with van der Waals surface area (Å²) in [5.74, 6) is 0. The zero-order chi connectivity index (χ0) is 37.4. The van der Waals surface area contributed by atoms with Gasteiger partial charge < -0.3 is 9.62 Å². The molecule has 0 radical (unpaired) electrons. The number of para-hydroxylation sites is 2. The summed E-state index contributed by atoms with van der Waals surface area (Å²) in [5, 5.41) is 0. The Balaban J connectivity index is 1.13. The lowest BCUT2D eigenvalue weighted by Gasteiger charge is -2.55. The third-order valence-electron chi connectivity index (χ3n) is 15.3. The lowest BCUT2D eigenvalue weighted by atomic mass is 9.28. The molecule has 2 aliphatic carbocycles. The molecule has 0 saturated carbocycles. The topological polar surface area (TPSA) is 6.48 Å². The van der Waals surface area contributed by atoms with E-state index < -0.39 is 0 Å². The van der Waals surface area contributed by atoms with Gasteiger partial charge in [0.1, 0.15) is 0 Å². The molecule has 2 nitrogen and oxygen atoms in total. The van der Waals surface area contributed by atoms with Gasteiger partial charge in [0.05, 0.1) is 0 Å². The average molecular weight is 720 g/mol. The summed E-state index contributed by atoms with van der Waals surface area (Å²) in [7, 11) is 0. The summed E-state index contributed by atoms with van der Waals surface area (Å²) < 4.78 is 0. The molecule has 0 fully saturated rings. The van der Waals surface area contributed by atoms with Crippen LogP contribution in [0.15, 0.2) is 127 Å². The van der Waals surface area contributed by atoms with Crippen LogP contribution < -0.4 is 47.9 Å². The van der Waals surface area contributed by atoms with E-state index in [0.717, 1.165) is 0 Å². The lowest BCUT2D eigenvalue weighted by Crippen LogP contribution is -2.72. The molecule has 0 spiro atoms. The Bertz CT molecular complexity index is 3030. The van der Waals surface area contributed by atoms with Gasteiger partial charge in [-0.1, -0.05) is 149 Å². The van der Waals surface area contributed by atoms with Gasteiger partial charge in [-0.3, -0.25) is 0 Å². The number of hydrogen-bond donors (Lipinski definition) is 0. The Labute approximate surface area is 334 Å². The Hall–Kier alpha value is -6.19. The van der Waals surface area contributed by atoms with Crippen LogP contribution in [0.5, 0.6) is 0 Å². The molecule has 0 unspecified atom stereocenters. The Morgan fingerprint density at radius 3 is 1.32 bits per heavy atom. The molecule has 7 aromatic rings. The molecule has 262 valence electrons. The van der Waals surface area contributed by atoms with Crippen molar-refractivity contribution in [2.45, 2.75) is 38.5 Å². The third kappa shape index (κ3) is 3.23. The second-order valence-electron chi connectivity index (χ2n) is 18.9. The zero-order valence-electron chi connectivity index (χ0n) is 32.4. The van der Waals surface area contributed by atoms with Gasteiger partial charge in [0.2, 0.25) is 0 Å². The van der Waals surface area contributed by atoms with Crippen LogP contribution in [0.1, 0.15) is 49.9 Å². The van der Waals surface area contributed by atoms with Gasteiger partial charge in [-0.15, -0.1) is 0 Å². The van der Waals surface area contributed by atoms with Crippen LogP contribution in [0.2, 0.25) is 0 Å². The highest BCUT2D eigenvalue weighted by Crippen LogP contribution is 2.55. The van der Waals surface area contributed by atoms with E-state index in [9.17, 15) is 0 Å². The van der Waals surface area contributed by atoms with E-state index in [0.29, 0.717) is 0 Å². The van der Waals surface area contributed by atoms with E-state index in [2.05, 4.69) is 177 Å². The number of allylic oxidation sites excluding steroid dienone is 2. The minimum Gasteiger partial charge on any atom is -0.377 e. The maximum atomic E-state index is 2.81. The van der Waals surface area contributed by atoms with E-state index in [-0.39, 0.29) is 31.2 Å². The molecule has 0 bridgehead atoms. The first-order chi connectivity index (χ1) is 27.8. The first kappa shape index (κ1) is 30.0.